The Balaban J connectivity index is 4.04. The average Bonchev–Trinajstić information content (AvgIpc) is 1.48. The summed E-state index contributed by atoms with van der Waals surface area (Å²) < 4.78 is 11.3. The summed E-state index contributed by atoms with van der Waals surface area (Å²) in [7, 11) is 0. The lowest BCUT2D eigenvalue weighted by molar-refractivity contribution is -0.270. The van der Waals surface area contributed by atoms with Gasteiger partial charge in [-0.15, -0.1) is 0 Å². The molecule has 12 heavy (non-hydrogen) atoms. The van der Waals surface area contributed by atoms with Gasteiger partial charge < -0.3 is 9.47 Å². The molecule has 0 bridgehead atoms. The van der Waals surface area contributed by atoms with Crippen LogP contribution in [0.5, 0.6) is 0 Å². The van der Waals surface area contributed by atoms with Crippen molar-refractivity contribution >= 4 is 0 Å². The summed E-state index contributed by atoms with van der Waals surface area (Å²) >= 11 is 0. The molecule has 0 aliphatic rings. The van der Waals surface area contributed by atoms with Gasteiger partial charge >= 0.3 is 0 Å². The molecule has 0 aromatic heterocycles. The smallest absolute Gasteiger partial charge is 0.163 e. The zero-order valence-corrected chi connectivity index (χ0v) is 9.39. The maximum Gasteiger partial charge on any atom is 0.163 e. The summed E-state index contributed by atoms with van der Waals surface area (Å²) in [5, 5.41) is 0. The van der Waals surface area contributed by atoms with Crippen LogP contribution < -0.4 is 0 Å². The Morgan fingerprint density at radius 2 is 1.33 bits per heavy atom. The molecule has 0 saturated carbocycles. The molecule has 0 saturated heterocycles. The molecule has 0 spiro atoms. The Morgan fingerprint density at radius 3 is 1.58 bits per heavy atom. The monoisotopic (exact) mass is 174 g/mol. The van der Waals surface area contributed by atoms with Crippen LogP contribution in [0.15, 0.2) is 0 Å². The minimum Gasteiger partial charge on any atom is -0.348 e. The molecule has 0 radical (unpaired) electrons. The molecule has 0 aromatic carbocycles. The summed E-state index contributed by atoms with van der Waals surface area (Å²) in [5.74, 6) is -0.494. The fourth-order valence-corrected chi connectivity index (χ4v) is 1.33. The Labute approximate surface area is 76.3 Å². The minimum absolute atomic E-state index is 0.154. The molecule has 0 fully saturated rings. The van der Waals surface area contributed by atoms with Crippen molar-refractivity contribution in [3.05, 3.63) is 0 Å². The second-order valence-electron chi connectivity index (χ2n) is 4.78. The van der Waals surface area contributed by atoms with E-state index < -0.39 is 5.79 Å². The number of rotatable bonds is 3. The zero-order valence-electron chi connectivity index (χ0n) is 9.39. The van der Waals surface area contributed by atoms with Crippen molar-refractivity contribution in [3.8, 4) is 0 Å². The van der Waals surface area contributed by atoms with E-state index in [1.54, 1.807) is 0 Å². The molecular formula is C10H22O2. The first-order valence-corrected chi connectivity index (χ1v) is 4.50. The van der Waals surface area contributed by atoms with E-state index in [1.807, 2.05) is 48.5 Å². The maximum absolute atomic E-state index is 5.71. The Kier molecular flexibility index (Phi) is 3.73. The first kappa shape index (κ1) is 11.9. The van der Waals surface area contributed by atoms with Gasteiger partial charge in [-0.25, -0.2) is 0 Å². The van der Waals surface area contributed by atoms with Crippen LogP contribution in [-0.4, -0.2) is 17.5 Å². The van der Waals surface area contributed by atoms with Gasteiger partial charge in [0.2, 0.25) is 0 Å². The SMILES string of the molecule is CC(C)OC(C)(C)OC(C)(C)C. The van der Waals surface area contributed by atoms with Gasteiger partial charge in [-0.2, -0.15) is 0 Å². The van der Waals surface area contributed by atoms with E-state index in [4.69, 9.17) is 9.47 Å². The summed E-state index contributed by atoms with van der Waals surface area (Å²) in [6, 6.07) is 0. The molecule has 0 aromatic rings. The molecule has 0 aliphatic heterocycles. The summed E-state index contributed by atoms with van der Waals surface area (Å²) in [5.41, 5.74) is -0.154. The van der Waals surface area contributed by atoms with Crippen LogP contribution in [0.25, 0.3) is 0 Å². The standard InChI is InChI=1S/C10H22O2/c1-8(2)11-10(6,7)12-9(3,4)5/h8H,1-7H3. The molecular weight excluding hydrogens is 152 g/mol. The van der Waals surface area contributed by atoms with E-state index in [0.29, 0.717) is 0 Å². The van der Waals surface area contributed by atoms with Crippen molar-refractivity contribution in [1.29, 1.82) is 0 Å². The van der Waals surface area contributed by atoms with Crippen molar-refractivity contribution in [1.82, 2.24) is 0 Å². The fraction of sp³-hybridized carbons (Fsp3) is 1.00. The molecule has 0 aliphatic carbocycles. The molecule has 2 heteroatoms. The van der Waals surface area contributed by atoms with Gasteiger partial charge in [0.05, 0.1) is 11.7 Å². The Hall–Kier alpha value is -0.0800. The summed E-state index contributed by atoms with van der Waals surface area (Å²) in [4.78, 5) is 0. The van der Waals surface area contributed by atoms with Gasteiger partial charge in [0.15, 0.2) is 5.79 Å². The lowest BCUT2D eigenvalue weighted by atomic mass is 10.2. The van der Waals surface area contributed by atoms with Crippen molar-refractivity contribution in [3.63, 3.8) is 0 Å². The third kappa shape index (κ3) is 6.62. The summed E-state index contributed by atoms with van der Waals surface area (Å²) in [6.07, 6.45) is 0.197. The van der Waals surface area contributed by atoms with E-state index in [9.17, 15) is 0 Å². The number of hydrogen-bond acceptors (Lipinski definition) is 2. The van der Waals surface area contributed by atoms with Crippen LogP contribution in [0, 0.1) is 0 Å². The lowest BCUT2D eigenvalue weighted by Gasteiger charge is -2.34. The van der Waals surface area contributed by atoms with Crippen LogP contribution in [0.1, 0.15) is 48.5 Å². The first-order valence-electron chi connectivity index (χ1n) is 4.50. The lowest BCUT2D eigenvalue weighted by Crippen LogP contribution is -2.38. The van der Waals surface area contributed by atoms with Gasteiger partial charge in [-0.3, -0.25) is 0 Å². The largest absolute Gasteiger partial charge is 0.348 e. The quantitative estimate of drug-likeness (QED) is 0.612. The zero-order chi connectivity index (χ0) is 9.99. The number of hydrogen-bond donors (Lipinski definition) is 0. The van der Waals surface area contributed by atoms with E-state index in [-0.39, 0.29) is 11.7 Å². The van der Waals surface area contributed by atoms with Gasteiger partial charge in [0, 0.05) is 0 Å². The highest BCUT2D eigenvalue weighted by molar-refractivity contribution is 4.66. The van der Waals surface area contributed by atoms with Crippen molar-refractivity contribution in [2.24, 2.45) is 0 Å². The molecule has 0 atom stereocenters. The van der Waals surface area contributed by atoms with E-state index in [2.05, 4.69) is 0 Å². The van der Waals surface area contributed by atoms with Crippen LogP contribution in [0.4, 0.5) is 0 Å². The van der Waals surface area contributed by atoms with Gasteiger partial charge in [-0.1, -0.05) is 0 Å². The van der Waals surface area contributed by atoms with E-state index >= 15 is 0 Å². The predicted octanol–water partition coefficient (Wildman–Crippen LogP) is 2.96. The van der Waals surface area contributed by atoms with E-state index in [0.717, 1.165) is 0 Å². The Bertz CT molecular complexity index is 131. The number of ether oxygens (including phenoxy) is 2. The molecule has 74 valence electrons. The maximum atomic E-state index is 5.71. The Morgan fingerprint density at radius 1 is 0.917 bits per heavy atom. The summed E-state index contributed by atoms with van der Waals surface area (Å²) in [6.45, 7) is 14.0. The van der Waals surface area contributed by atoms with Gasteiger partial charge in [0.25, 0.3) is 0 Å². The molecule has 0 heterocycles. The molecule has 0 N–H and O–H groups in total. The molecule has 2 nitrogen and oxygen atoms in total. The van der Waals surface area contributed by atoms with Crippen molar-refractivity contribution < 1.29 is 9.47 Å². The second-order valence-corrected chi connectivity index (χ2v) is 4.78. The van der Waals surface area contributed by atoms with Crippen LogP contribution in [0.3, 0.4) is 0 Å². The third-order valence-electron chi connectivity index (χ3n) is 1.07. The van der Waals surface area contributed by atoms with Crippen molar-refractivity contribution in [2.45, 2.75) is 66.0 Å². The highest BCUT2D eigenvalue weighted by Gasteiger charge is 2.27. The topological polar surface area (TPSA) is 18.5 Å². The second kappa shape index (κ2) is 3.75. The van der Waals surface area contributed by atoms with Gasteiger partial charge in [-0.05, 0) is 48.5 Å². The molecule has 0 rings (SSSR count). The molecule has 0 amide bonds. The highest BCUT2D eigenvalue weighted by Crippen LogP contribution is 2.21. The highest BCUT2D eigenvalue weighted by atomic mass is 16.7. The van der Waals surface area contributed by atoms with Gasteiger partial charge in [0.1, 0.15) is 0 Å². The molecule has 0 unspecified atom stereocenters. The fourth-order valence-electron chi connectivity index (χ4n) is 1.33. The minimum atomic E-state index is -0.494. The average molecular weight is 174 g/mol. The predicted molar refractivity (Wildman–Crippen MR) is 51.1 cm³/mol. The van der Waals surface area contributed by atoms with Crippen LogP contribution in [0.2, 0.25) is 0 Å². The normalized spacial score (nSPS) is 14.0. The van der Waals surface area contributed by atoms with Crippen LogP contribution in [-0.2, 0) is 9.47 Å². The third-order valence-corrected chi connectivity index (χ3v) is 1.07. The van der Waals surface area contributed by atoms with Crippen LogP contribution >= 0.6 is 0 Å². The van der Waals surface area contributed by atoms with Crippen molar-refractivity contribution in [2.75, 3.05) is 0 Å². The van der Waals surface area contributed by atoms with E-state index in [1.165, 1.54) is 0 Å². The first-order chi connectivity index (χ1) is 5.12.